The number of aromatic amines is 1. The first kappa shape index (κ1) is 18.0. The lowest BCUT2D eigenvalue weighted by Gasteiger charge is -2.32. The van der Waals surface area contributed by atoms with Crippen molar-refractivity contribution >= 4 is 16.8 Å². The zero-order valence-electron chi connectivity index (χ0n) is 15.7. The molecule has 0 unspecified atom stereocenters. The van der Waals surface area contributed by atoms with Crippen LogP contribution in [0.2, 0.25) is 0 Å². The predicted octanol–water partition coefficient (Wildman–Crippen LogP) is 1.31. The molecule has 1 aliphatic carbocycles. The molecule has 0 bridgehead atoms. The molecule has 2 aliphatic rings. The Morgan fingerprint density at radius 1 is 1.19 bits per heavy atom. The van der Waals surface area contributed by atoms with Gasteiger partial charge < -0.3 is 15.2 Å². The van der Waals surface area contributed by atoms with E-state index < -0.39 is 5.69 Å². The van der Waals surface area contributed by atoms with E-state index in [0.717, 1.165) is 43.0 Å². The summed E-state index contributed by atoms with van der Waals surface area (Å²) in [4.78, 5) is 41.8. The van der Waals surface area contributed by atoms with Crippen molar-refractivity contribution in [2.45, 2.75) is 45.2 Å². The Hall–Kier alpha value is -2.41. The first-order valence-corrected chi connectivity index (χ1v) is 9.86. The molecule has 4 rings (SSSR count). The Bertz CT molecular complexity index is 965. The van der Waals surface area contributed by atoms with Crippen LogP contribution in [0, 0.1) is 5.92 Å². The highest BCUT2D eigenvalue weighted by Crippen LogP contribution is 2.28. The highest BCUT2D eigenvalue weighted by molar-refractivity contribution is 5.97. The number of amides is 1. The number of carbonyl (C=O) groups excluding carboxylic acids is 1. The number of hydrogen-bond acceptors (Lipinski definition) is 4. The molecule has 7 nitrogen and oxygen atoms in total. The van der Waals surface area contributed by atoms with E-state index in [-0.39, 0.29) is 11.5 Å². The first-order chi connectivity index (χ1) is 13.1. The Kier molecular flexibility index (Phi) is 4.86. The number of hydrogen-bond donors (Lipinski definition) is 2. The summed E-state index contributed by atoms with van der Waals surface area (Å²) in [6.45, 7) is 4.63. The Morgan fingerprint density at radius 2 is 1.93 bits per heavy atom. The molecule has 2 aromatic rings. The van der Waals surface area contributed by atoms with Crippen molar-refractivity contribution in [3.63, 3.8) is 0 Å². The van der Waals surface area contributed by atoms with E-state index in [0.29, 0.717) is 29.1 Å². The number of piperidine rings is 1. The molecule has 1 amide bonds. The molecular formula is C20H26N4O3. The normalized spacial score (nSPS) is 18.2. The van der Waals surface area contributed by atoms with E-state index in [1.54, 1.807) is 25.1 Å². The maximum Gasteiger partial charge on any atom is 0.328 e. The fourth-order valence-corrected chi connectivity index (χ4v) is 3.80. The largest absolute Gasteiger partial charge is 0.339 e. The predicted molar refractivity (Wildman–Crippen MR) is 104 cm³/mol. The van der Waals surface area contributed by atoms with Crippen molar-refractivity contribution < 1.29 is 4.79 Å². The molecule has 2 N–H and O–H groups in total. The van der Waals surface area contributed by atoms with Crippen LogP contribution in [0.5, 0.6) is 0 Å². The smallest absolute Gasteiger partial charge is 0.328 e. The SMILES string of the molecule is CCn1c(=O)[nH]c2cc(C(=O)N3CCC(NCC4CC4)CC3)ccc2c1=O. The second-order valence-electron chi connectivity index (χ2n) is 7.66. The van der Waals surface area contributed by atoms with Crippen molar-refractivity contribution in [3.8, 4) is 0 Å². The van der Waals surface area contributed by atoms with Crippen LogP contribution in [-0.4, -0.2) is 46.0 Å². The van der Waals surface area contributed by atoms with Crippen LogP contribution in [0.25, 0.3) is 10.9 Å². The second-order valence-corrected chi connectivity index (χ2v) is 7.66. The summed E-state index contributed by atoms with van der Waals surface area (Å²) in [5.74, 6) is 0.819. The Morgan fingerprint density at radius 3 is 2.59 bits per heavy atom. The number of benzene rings is 1. The number of nitrogens with zero attached hydrogens (tertiary/aromatic N) is 2. The van der Waals surface area contributed by atoms with Gasteiger partial charge >= 0.3 is 5.69 Å². The molecule has 7 heteroatoms. The van der Waals surface area contributed by atoms with E-state index in [1.165, 1.54) is 12.8 Å². The van der Waals surface area contributed by atoms with Crippen LogP contribution in [0.4, 0.5) is 0 Å². The summed E-state index contributed by atoms with van der Waals surface area (Å²) < 4.78 is 1.16. The van der Waals surface area contributed by atoms with Gasteiger partial charge in [-0.25, -0.2) is 4.79 Å². The standard InChI is InChI=1S/C20H26N4O3/c1-2-24-19(26)16-6-5-14(11-17(16)22-20(24)27)18(25)23-9-7-15(8-10-23)21-12-13-3-4-13/h5-6,11,13,15,21H,2-4,7-10,12H2,1H3,(H,22,27). The molecule has 1 saturated heterocycles. The minimum atomic E-state index is -0.442. The minimum absolute atomic E-state index is 0.0435. The van der Waals surface area contributed by atoms with Crippen LogP contribution in [-0.2, 0) is 6.54 Å². The average molecular weight is 370 g/mol. The molecule has 0 radical (unpaired) electrons. The first-order valence-electron chi connectivity index (χ1n) is 9.86. The summed E-state index contributed by atoms with van der Waals surface area (Å²) in [6.07, 6.45) is 4.61. The van der Waals surface area contributed by atoms with Gasteiger partial charge in [0.2, 0.25) is 0 Å². The molecule has 1 aromatic heterocycles. The summed E-state index contributed by atoms with van der Waals surface area (Å²) >= 11 is 0. The van der Waals surface area contributed by atoms with Gasteiger partial charge in [0.05, 0.1) is 10.9 Å². The highest BCUT2D eigenvalue weighted by Gasteiger charge is 2.26. The monoisotopic (exact) mass is 370 g/mol. The number of likely N-dealkylation sites (tertiary alicyclic amines) is 1. The van der Waals surface area contributed by atoms with Gasteiger partial charge in [0.15, 0.2) is 0 Å². The Labute approximate surface area is 157 Å². The third-order valence-electron chi connectivity index (χ3n) is 5.72. The van der Waals surface area contributed by atoms with Crippen molar-refractivity contribution in [2.75, 3.05) is 19.6 Å². The van der Waals surface area contributed by atoms with Gasteiger partial charge in [-0.3, -0.25) is 14.2 Å². The molecule has 1 aliphatic heterocycles. The molecule has 1 saturated carbocycles. The average Bonchev–Trinajstić information content (AvgIpc) is 3.50. The zero-order valence-corrected chi connectivity index (χ0v) is 15.7. The molecule has 27 heavy (non-hydrogen) atoms. The van der Waals surface area contributed by atoms with Gasteiger partial charge in [-0.2, -0.15) is 0 Å². The lowest BCUT2D eigenvalue weighted by Crippen LogP contribution is -2.45. The van der Waals surface area contributed by atoms with E-state index in [1.807, 2.05) is 4.90 Å². The summed E-state index contributed by atoms with van der Waals surface area (Å²) in [6, 6.07) is 5.44. The molecule has 144 valence electrons. The van der Waals surface area contributed by atoms with Gasteiger partial charge in [-0.1, -0.05) is 0 Å². The maximum atomic E-state index is 12.8. The van der Waals surface area contributed by atoms with E-state index in [9.17, 15) is 14.4 Å². The molecular weight excluding hydrogens is 344 g/mol. The molecule has 0 spiro atoms. The molecule has 0 atom stereocenters. The minimum Gasteiger partial charge on any atom is -0.339 e. The summed E-state index contributed by atoms with van der Waals surface area (Å²) in [5, 5.41) is 4.04. The van der Waals surface area contributed by atoms with Gasteiger partial charge in [0, 0.05) is 31.2 Å². The number of rotatable bonds is 5. The van der Waals surface area contributed by atoms with Crippen molar-refractivity contribution in [3.05, 3.63) is 44.6 Å². The number of fused-ring (bicyclic) bond motifs is 1. The fourth-order valence-electron chi connectivity index (χ4n) is 3.80. The molecule has 2 heterocycles. The van der Waals surface area contributed by atoms with Crippen molar-refractivity contribution in [1.82, 2.24) is 19.8 Å². The van der Waals surface area contributed by atoms with Crippen LogP contribution in [0.3, 0.4) is 0 Å². The number of H-pyrrole nitrogens is 1. The van der Waals surface area contributed by atoms with Crippen LogP contribution < -0.4 is 16.6 Å². The lowest BCUT2D eigenvalue weighted by molar-refractivity contribution is 0.0705. The van der Waals surface area contributed by atoms with Gasteiger partial charge in [0.25, 0.3) is 11.5 Å². The third-order valence-corrected chi connectivity index (χ3v) is 5.72. The maximum absolute atomic E-state index is 12.8. The quantitative estimate of drug-likeness (QED) is 0.831. The Balaban J connectivity index is 1.48. The molecule has 1 aromatic carbocycles. The number of carbonyl (C=O) groups is 1. The summed E-state index contributed by atoms with van der Waals surface area (Å²) in [5.41, 5.74) is 0.165. The molecule has 2 fully saturated rings. The van der Waals surface area contributed by atoms with Crippen LogP contribution in [0.1, 0.15) is 43.0 Å². The van der Waals surface area contributed by atoms with Crippen LogP contribution >= 0.6 is 0 Å². The van der Waals surface area contributed by atoms with Gasteiger partial charge in [0.1, 0.15) is 0 Å². The number of aromatic nitrogens is 2. The number of nitrogens with one attached hydrogen (secondary N) is 2. The lowest BCUT2D eigenvalue weighted by atomic mass is 10.0. The van der Waals surface area contributed by atoms with E-state index >= 15 is 0 Å². The van der Waals surface area contributed by atoms with Crippen LogP contribution in [0.15, 0.2) is 27.8 Å². The second kappa shape index (κ2) is 7.31. The van der Waals surface area contributed by atoms with Crippen molar-refractivity contribution in [2.24, 2.45) is 5.92 Å². The van der Waals surface area contributed by atoms with Crippen molar-refractivity contribution in [1.29, 1.82) is 0 Å². The topological polar surface area (TPSA) is 87.2 Å². The van der Waals surface area contributed by atoms with E-state index in [4.69, 9.17) is 0 Å². The van der Waals surface area contributed by atoms with Gasteiger partial charge in [-0.05, 0) is 63.3 Å². The third kappa shape index (κ3) is 3.69. The summed E-state index contributed by atoms with van der Waals surface area (Å²) in [7, 11) is 0. The highest BCUT2D eigenvalue weighted by atomic mass is 16.2. The zero-order chi connectivity index (χ0) is 19.0. The fraction of sp³-hybridized carbons (Fsp3) is 0.550. The van der Waals surface area contributed by atoms with Gasteiger partial charge in [-0.15, -0.1) is 0 Å². The van der Waals surface area contributed by atoms with E-state index in [2.05, 4.69) is 10.3 Å².